The van der Waals surface area contributed by atoms with Gasteiger partial charge < -0.3 is 20.9 Å². The normalized spacial score (nSPS) is 13.8. The smallest absolute Gasteiger partial charge is 0.277 e. The number of nitrogens with one attached hydrogen (secondary N) is 2. The molecule has 5 N–H and O–H groups in total. The van der Waals surface area contributed by atoms with E-state index in [-0.39, 0.29) is 34.4 Å². The number of hydroxylamine groups is 2. The van der Waals surface area contributed by atoms with E-state index in [1.54, 1.807) is 6.20 Å². The summed E-state index contributed by atoms with van der Waals surface area (Å²) in [5, 5.41) is 14.1. The molecule has 0 saturated carbocycles. The second kappa shape index (κ2) is 11.8. The molecular weight excluding hydrogens is 534 g/mol. The van der Waals surface area contributed by atoms with Crippen LogP contribution in [0.2, 0.25) is 5.02 Å². The molecule has 40 heavy (non-hydrogen) atoms. The molecule has 1 fully saturated rings. The van der Waals surface area contributed by atoms with Gasteiger partial charge in [-0.1, -0.05) is 41.9 Å². The first-order chi connectivity index (χ1) is 19.3. The van der Waals surface area contributed by atoms with Gasteiger partial charge in [0.25, 0.3) is 17.4 Å². The number of benzene rings is 2. The zero-order valence-electron chi connectivity index (χ0n) is 21.5. The Bertz CT molecular complexity index is 1600. The first kappa shape index (κ1) is 27.3. The van der Waals surface area contributed by atoms with E-state index in [0.29, 0.717) is 28.5 Å². The van der Waals surface area contributed by atoms with Gasteiger partial charge in [0.05, 0.1) is 17.3 Å². The number of carbonyl (C=O) groups is 2. The molecule has 0 aliphatic carbocycles. The number of anilines is 2. The Morgan fingerprint density at radius 2 is 1.90 bits per heavy atom. The highest BCUT2D eigenvalue weighted by atomic mass is 35.5. The fourth-order valence-electron chi connectivity index (χ4n) is 4.48. The summed E-state index contributed by atoms with van der Waals surface area (Å²) in [6, 6.07) is 15.2. The summed E-state index contributed by atoms with van der Waals surface area (Å²) >= 11 is 6.27. The van der Waals surface area contributed by atoms with Crippen LogP contribution in [0.3, 0.4) is 0 Å². The number of hydrogen-bond donors (Lipinski definition) is 4. The van der Waals surface area contributed by atoms with Crippen LogP contribution in [0, 0.1) is 0 Å². The highest BCUT2D eigenvalue weighted by Crippen LogP contribution is 2.25. The predicted octanol–water partition coefficient (Wildman–Crippen LogP) is 3.23. The molecule has 0 radical (unpaired) electrons. The Kier molecular flexibility index (Phi) is 8.06. The Labute approximate surface area is 234 Å². The summed E-state index contributed by atoms with van der Waals surface area (Å²) in [4.78, 5) is 52.2. The Morgan fingerprint density at radius 3 is 2.65 bits per heavy atom. The largest absolute Gasteiger partial charge is 0.341 e. The van der Waals surface area contributed by atoms with E-state index in [9.17, 15) is 19.6 Å². The molecule has 206 valence electrons. The maximum absolute atomic E-state index is 13.1. The van der Waals surface area contributed by atoms with Crippen molar-refractivity contribution >= 4 is 46.1 Å². The average molecular weight is 562 g/mol. The van der Waals surface area contributed by atoms with Gasteiger partial charge >= 0.3 is 0 Å². The first-order valence-corrected chi connectivity index (χ1v) is 13.2. The van der Waals surface area contributed by atoms with Crippen molar-refractivity contribution in [3.63, 3.8) is 0 Å². The monoisotopic (exact) mass is 561 g/mol. The predicted molar refractivity (Wildman–Crippen MR) is 152 cm³/mol. The van der Waals surface area contributed by atoms with E-state index in [1.165, 1.54) is 24.3 Å². The summed E-state index contributed by atoms with van der Waals surface area (Å²) in [5.41, 5.74) is 6.67. The summed E-state index contributed by atoms with van der Waals surface area (Å²) < 4.78 is 0. The van der Waals surface area contributed by atoms with E-state index >= 15 is 0 Å². The number of aromatic nitrogens is 3. The molecule has 11 nitrogen and oxygen atoms in total. The van der Waals surface area contributed by atoms with Crippen LogP contribution < -0.4 is 21.5 Å². The molecule has 3 heterocycles. The summed E-state index contributed by atoms with van der Waals surface area (Å²) in [6.07, 6.45) is 3.67. The number of aromatic amines is 1. The summed E-state index contributed by atoms with van der Waals surface area (Å²) in [6.45, 7) is 1.52. The summed E-state index contributed by atoms with van der Waals surface area (Å²) in [7, 11) is 0. The van der Waals surface area contributed by atoms with Crippen molar-refractivity contribution in [1.29, 1.82) is 0 Å². The van der Waals surface area contributed by atoms with Gasteiger partial charge in [-0.15, -0.1) is 0 Å². The van der Waals surface area contributed by atoms with Gasteiger partial charge in [0.2, 0.25) is 5.95 Å². The molecule has 0 unspecified atom stereocenters. The zero-order chi connectivity index (χ0) is 28.2. The third kappa shape index (κ3) is 6.12. The number of halogens is 1. The van der Waals surface area contributed by atoms with E-state index in [4.69, 9.17) is 17.3 Å². The molecule has 2 aromatic heterocycles. The highest BCUT2D eigenvalue weighted by molar-refractivity contribution is 6.34. The van der Waals surface area contributed by atoms with E-state index < -0.39 is 17.4 Å². The van der Waals surface area contributed by atoms with Crippen LogP contribution in [-0.2, 0) is 6.42 Å². The standard InChI is InChI=1S/C28H28ClN7O4/c29-22-7-6-18(27(39)36(40)13-8-17-4-2-1-3-5-17)15-23(22)32-25(37)21-14-19-16-31-28(34-24(19)33-26(21)38)35-11-9-20(30)10-12-35/h1-7,14-16,20,40H,8-13,30H2,(H,32,37)(H,31,33,34,38). The van der Waals surface area contributed by atoms with Crippen molar-refractivity contribution in [2.75, 3.05) is 29.9 Å². The molecule has 1 aliphatic rings. The molecule has 1 aliphatic heterocycles. The molecular formula is C28H28ClN7O4. The number of H-pyrrole nitrogens is 1. The van der Waals surface area contributed by atoms with Crippen molar-refractivity contribution in [3.05, 3.63) is 92.9 Å². The third-order valence-electron chi connectivity index (χ3n) is 6.80. The van der Waals surface area contributed by atoms with Crippen molar-refractivity contribution < 1.29 is 14.8 Å². The van der Waals surface area contributed by atoms with Gasteiger partial charge in [-0.05, 0) is 49.1 Å². The van der Waals surface area contributed by atoms with Gasteiger partial charge in [0.15, 0.2) is 0 Å². The Balaban J connectivity index is 1.30. The number of amides is 2. The number of nitrogens with two attached hydrogens (primary N) is 1. The lowest BCUT2D eigenvalue weighted by atomic mass is 10.1. The molecule has 1 saturated heterocycles. The number of fused-ring (bicyclic) bond motifs is 1. The molecule has 0 bridgehead atoms. The number of carbonyl (C=O) groups excluding carboxylic acids is 2. The Hall–Kier alpha value is -4.32. The molecule has 4 aromatic rings. The van der Waals surface area contributed by atoms with Gasteiger partial charge in [-0.2, -0.15) is 4.98 Å². The lowest BCUT2D eigenvalue weighted by Crippen LogP contribution is -2.40. The molecule has 0 atom stereocenters. The van der Waals surface area contributed by atoms with E-state index in [1.807, 2.05) is 35.2 Å². The quantitative estimate of drug-likeness (QED) is 0.198. The van der Waals surface area contributed by atoms with Crippen LogP contribution in [0.4, 0.5) is 11.6 Å². The zero-order valence-corrected chi connectivity index (χ0v) is 22.3. The second-order valence-electron chi connectivity index (χ2n) is 9.62. The molecule has 0 spiro atoms. The Morgan fingerprint density at radius 1 is 1.15 bits per heavy atom. The van der Waals surface area contributed by atoms with Gasteiger partial charge in [0.1, 0.15) is 11.2 Å². The van der Waals surface area contributed by atoms with Crippen LogP contribution >= 0.6 is 11.6 Å². The second-order valence-corrected chi connectivity index (χ2v) is 10.0. The maximum Gasteiger partial charge on any atom is 0.277 e. The summed E-state index contributed by atoms with van der Waals surface area (Å²) in [5.74, 6) is -0.897. The molecule has 2 amide bonds. The van der Waals surface area contributed by atoms with Crippen molar-refractivity contribution in [3.8, 4) is 0 Å². The minimum atomic E-state index is -0.728. The average Bonchev–Trinajstić information content (AvgIpc) is 2.97. The van der Waals surface area contributed by atoms with Crippen molar-refractivity contribution in [2.45, 2.75) is 25.3 Å². The third-order valence-corrected chi connectivity index (χ3v) is 7.13. The van der Waals surface area contributed by atoms with Crippen LogP contribution in [0.1, 0.15) is 39.1 Å². The van der Waals surface area contributed by atoms with E-state index in [0.717, 1.165) is 31.5 Å². The highest BCUT2D eigenvalue weighted by Gasteiger charge is 2.21. The molecule has 12 heteroatoms. The van der Waals surface area contributed by atoms with Crippen molar-refractivity contribution in [1.82, 2.24) is 20.0 Å². The van der Waals surface area contributed by atoms with E-state index in [2.05, 4.69) is 20.3 Å². The SMILES string of the molecule is NC1CCN(c2ncc3cc(C(=O)Nc4cc(C(=O)N(O)CCc5ccccc5)ccc4Cl)c(=O)[nH]c3n2)CC1. The number of nitrogens with zero attached hydrogens (tertiary/aromatic N) is 4. The number of hydrogen-bond acceptors (Lipinski definition) is 8. The van der Waals surface area contributed by atoms with Gasteiger partial charge in [0, 0.05) is 36.3 Å². The number of piperidine rings is 1. The fourth-order valence-corrected chi connectivity index (χ4v) is 4.64. The fraction of sp³-hybridized carbons (Fsp3) is 0.250. The number of pyridine rings is 1. The lowest BCUT2D eigenvalue weighted by Gasteiger charge is -2.30. The molecule has 5 rings (SSSR count). The van der Waals surface area contributed by atoms with Crippen LogP contribution in [0.5, 0.6) is 0 Å². The van der Waals surface area contributed by atoms with Crippen molar-refractivity contribution in [2.24, 2.45) is 5.73 Å². The topological polar surface area (TPSA) is 158 Å². The van der Waals surface area contributed by atoms with Crippen LogP contribution in [0.15, 0.2) is 65.6 Å². The first-order valence-electron chi connectivity index (χ1n) is 12.8. The minimum Gasteiger partial charge on any atom is -0.341 e. The van der Waals surface area contributed by atoms with Gasteiger partial charge in [-0.3, -0.25) is 19.6 Å². The van der Waals surface area contributed by atoms with Crippen LogP contribution in [-0.4, -0.2) is 62.7 Å². The maximum atomic E-state index is 13.1. The van der Waals surface area contributed by atoms with Gasteiger partial charge in [-0.25, -0.2) is 10.0 Å². The molecule has 2 aromatic carbocycles. The number of rotatable bonds is 7. The van der Waals surface area contributed by atoms with Crippen LogP contribution in [0.25, 0.3) is 11.0 Å². The minimum absolute atomic E-state index is 0.0781. The lowest BCUT2D eigenvalue weighted by molar-refractivity contribution is -0.0571.